The molecular weight excluding hydrogens is 242 g/mol. The largest absolute Gasteiger partial charge is 0.350 e. The van der Waals surface area contributed by atoms with Crippen molar-refractivity contribution in [3.05, 3.63) is 35.2 Å². The van der Waals surface area contributed by atoms with E-state index in [1.807, 2.05) is 37.3 Å². The van der Waals surface area contributed by atoms with Crippen molar-refractivity contribution in [2.45, 2.75) is 12.3 Å². The fourth-order valence-corrected chi connectivity index (χ4v) is 2.47. The van der Waals surface area contributed by atoms with E-state index in [9.17, 15) is 4.79 Å². The van der Waals surface area contributed by atoms with Crippen molar-refractivity contribution in [1.29, 1.82) is 0 Å². The Hall–Kier alpha value is -1.06. The van der Waals surface area contributed by atoms with Gasteiger partial charge in [0.15, 0.2) is 0 Å². The van der Waals surface area contributed by atoms with Gasteiger partial charge in [0.1, 0.15) is 0 Å². The van der Waals surface area contributed by atoms with Crippen LogP contribution >= 0.6 is 22.9 Å². The van der Waals surface area contributed by atoms with E-state index in [0.29, 0.717) is 6.54 Å². The summed E-state index contributed by atoms with van der Waals surface area (Å²) in [6.07, 6.45) is 0. The lowest BCUT2D eigenvalue weighted by Gasteiger charge is -2.03. The summed E-state index contributed by atoms with van der Waals surface area (Å²) in [5, 5.41) is 3.86. The molecule has 1 amide bonds. The lowest BCUT2D eigenvalue weighted by Crippen LogP contribution is -2.27. The number of carbonyl (C=O) groups excluding carboxylic acids is 1. The third-order valence-electron chi connectivity index (χ3n) is 2.19. The molecule has 0 aliphatic rings. The molecule has 0 aliphatic carbocycles. The average Bonchev–Trinajstić information content (AvgIpc) is 2.69. The van der Waals surface area contributed by atoms with Crippen LogP contribution in [0, 0.1) is 0 Å². The van der Waals surface area contributed by atoms with Crippen LogP contribution in [-0.2, 0) is 0 Å². The van der Waals surface area contributed by atoms with E-state index in [1.54, 1.807) is 0 Å². The average molecular weight is 254 g/mol. The molecule has 2 nitrogen and oxygen atoms in total. The molecule has 2 aromatic rings. The van der Waals surface area contributed by atoms with E-state index in [4.69, 9.17) is 11.6 Å². The van der Waals surface area contributed by atoms with Gasteiger partial charge in [-0.15, -0.1) is 22.9 Å². The van der Waals surface area contributed by atoms with Crippen molar-refractivity contribution in [2.24, 2.45) is 0 Å². The minimum Gasteiger partial charge on any atom is -0.350 e. The zero-order valence-electron chi connectivity index (χ0n) is 8.87. The predicted octanol–water partition coefficient (Wildman–Crippen LogP) is 3.26. The number of benzene rings is 1. The Labute approximate surface area is 103 Å². The van der Waals surface area contributed by atoms with Crippen LogP contribution in [0.1, 0.15) is 16.6 Å². The van der Waals surface area contributed by atoms with Crippen LogP contribution in [0.2, 0.25) is 0 Å². The van der Waals surface area contributed by atoms with E-state index >= 15 is 0 Å². The summed E-state index contributed by atoms with van der Waals surface area (Å²) >= 11 is 7.28. The zero-order valence-corrected chi connectivity index (χ0v) is 10.4. The van der Waals surface area contributed by atoms with Gasteiger partial charge in [-0.1, -0.05) is 18.2 Å². The van der Waals surface area contributed by atoms with Crippen molar-refractivity contribution >= 4 is 38.9 Å². The minimum absolute atomic E-state index is 0.0432. The highest BCUT2D eigenvalue weighted by Gasteiger charge is 2.10. The number of fused-ring (bicyclic) bond motifs is 1. The van der Waals surface area contributed by atoms with Crippen molar-refractivity contribution in [2.75, 3.05) is 6.54 Å². The van der Waals surface area contributed by atoms with Gasteiger partial charge in [0, 0.05) is 16.6 Å². The van der Waals surface area contributed by atoms with Crippen molar-refractivity contribution in [3.63, 3.8) is 0 Å². The van der Waals surface area contributed by atoms with Crippen LogP contribution in [0.15, 0.2) is 30.3 Å². The Morgan fingerprint density at radius 1 is 1.50 bits per heavy atom. The zero-order chi connectivity index (χ0) is 11.5. The number of hydrogen-bond acceptors (Lipinski definition) is 2. The molecule has 1 aromatic heterocycles. The molecule has 0 saturated heterocycles. The maximum Gasteiger partial charge on any atom is 0.261 e. The smallest absolute Gasteiger partial charge is 0.261 e. The summed E-state index contributed by atoms with van der Waals surface area (Å²) in [7, 11) is 0. The number of nitrogens with one attached hydrogen (secondary N) is 1. The number of thiophene rings is 1. The van der Waals surface area contributed by atoms with Gasteiger partial charge in [-0.3, -0.25) is 4.79 Å². The van der Waals surface area contributed by atoms with Gasteiger partial charge >= 0.3 is 0 Å². The third-order valence-corrected chi connectivity index (χ3v) is 3.46. The molecule has 2 rings (SSSR count). The molecule has 0 saturated carbocycles. The normalized spacial score (nSPS) is 12.6. The standard InChI is InChI=1S/C12H12ClNOS/c1-8(13)7-14-12(15)11-6-9-4-2-3-5-10(9)16-11/h2-6,8H,7H2,1H3,(H,14,15). The highest BCUT2D eigenvalue weighted by atomic mass is 35.5. The molecular formula is C12H12ClNOS. The molecule has 0 radical (unpaired) electrons. The number of carbonyl (C=O) groups is 1. The lowest BCUT2D eigenvalue weighted by molar-refractivity contribution is 0.0958. The summed E-state index contributed by atoms with van der Waals surface area (Å²) in [5.41, 5.74) is 0. The van der Waals surface area contributed by atoms with E-state index in [-0.39, 0.29) is 11.3 Å². The van der Waals surface area contributed by atoms with E-state index in [1.165, 1.54) is 11.3 Å². The first-order valence-corrected chi connectivity index (χ1v) is 6.33. The van der Waals surface area contributed by atoms with Gasteiger partial charge in [0.05, 0.1) is 4.88 Å². The Balaban J connectivity index is 2.17. The molecule has 0 aliphatic heterocycles. The third kappa shape index (κ3) is 2.54. The maximum atomic E-state index is 11.8. The molecule has 0 fully saturated rings. The van der Waals surface area contributed by atoms with Crippen LogP contribution in [-0.4, -0.2) is 17.8 Å². The lowest BCUT2D eigenvalue weighted by atomic mass is 10.2. The Kier molecular flexibility index (Phi) is 3.46. The first kappa shape index (κ1) is 11.4. The fourth-order valence-electron chi connectivity index (χ4n) is 1.41. The quantitative estimate of drug-likeness (QED) is 0.836. The van der Waals surface area contributed by atoms with E-state index in [0.717, 1.165) is 15.0 Å². The second-order valence-corrected chi connectivity index (χ2v) is 5.47. The summed E-state index contributed by atoms with van der Waals surface area (Å²) < 4.78 is 1.13. The van der Waals surface area contributed by atoms with E-state index < -0.39 is 0 Å². The van der Waals surface area contributed by atoms with Gasteiger partial charge in [-0.05, 0) is 24.4 Å². The molecule has 1 heterocycles. The van der Waals surface area contributed by atoms with Gasteiger partial charge in [0.25, 0.3) is 5.91 Å². The summed E-state index contributed by atoms with van der Waals surface area (Å²) in [6.45, 7) is 2.35. The van der Waals surface area contributed by atoms with Gasteiger partial charge in [0.2, 0.25) is 0 Å². The van der Waals surface area contributed by atoms with Gasteiger partial charge in [-0.25, -0.2) is 0 Å². The van der Waals surface area contributed by atoms with Crippen LogP contribution in [0.25, 0.3) is 10.1 Å². The number of halogens is 1. The first-order valence-electron chi connectivity index (χ1n) is 5.07. The number of rotatable bonds is 3. The van der Waals surface area contributed by atoms with Crippen LogP contribution in [0.4, 0.5) is 0 Å². The van der Waals surface area contributed by atoms with Crippen LogP contribution in [0.3, 0.4) is 0 Å². The number of hydrogen-bond donors (Lipinski definition) is 1. The monoisotopic (exact) mass is 253 g/mol. The van der Waals surface area contributed by atoms with Crippen LogP contribution in [0.5, 0.6) is 0 Å². The molecule has 16 heavy (non-hydrogen) atoms. The maximum absolute atomic E-state index is 11.8. The highest BCUT2D eigenvalue weighted by Crippen LogP contribution is 2.24. The summed E-state index contributed by atoms with van der Waals surface area (Å²) in [6, 6.07) is 9.88. The fraction of sp³-hybridized carbons (Fsp3) is 0.250. The molecule has 1 N–H and O–H groups in total. The Bertz CT molecular complexity index is 473. The molecule has 1 atom stereocenters. The molecule has 1 aromatic carbocycles. The van der Waals surface area contributed by atoms with Crippen molar-refractivity contribution in [3.8, 4) is 0 Å². The Morgan fingerprint density at radius 3 is 2.94 bits per heavy atom. The number of amides is 1. The molecule has 4 heteroatoms. The molecule has 84 valence electrons. The Morgan fingerprint density at radius 2 is 2.25 bits per heavy atom. The number of alkyl halides is 1. The summed E-state index contributed by atoms with van der Waals surface area (Å²) in [5.74, 6) is -0.0475. The second kappa shape index (κ2) is 4.85. The molecule has 0 spiro atoms. The van der Waals surface area contributed by atoms with Crippen molar-refractivity contribution < 1.29 is 4.79 Å². The van der Waals surface area contributed by atoms with Gasteiger partial charge in [-0.2, -0.15) is 0 Å². The van der Waals surface area contributed by atoms with E-state index in [2.05, 4.69) is 5.32 Å². The highest BCUT2D eigenvalue weighted by molar-refractivity contribution is 7.20. The second-order valence-electron chi connectivity index (χ2n) is 3.64. The predicted molar refractivity (Wildman–Crippen MR) is 69.5 cm³/mol. The molecule has 1 unspecified atom stereocenters. The van der Waals surface area contributed by atoms with Crippen LogP contribution < -0.4 is 5.32 Å². The van der Waals surface area contributed by atoms with Gasteiger partial charge < -0.3 is 5.32 Å². The molecule has 0 bridgehead atoms. The SMILES string of the molecule is CC(Cl)CNC(=O)c1cc2ccccc2s1. The minimum atomic E-state index is -0.0475. The summed E-state index contributed by atoms with van der Waals surface area (Å²) in [4.78, 5) is 12.5. The van der Waals surface area contributed by atoms with Crippen molar-refractivity contribution in [1.82, 2.24) is 5.32 Å². The first-order chi connectivity index (χ1) is 7.66. The topological polar surface area (TPSA) is 29.1 Å².